The molecule has 1 rings (SSSR count). The van der Waals surface area contributed by atoms with Gasteiger partial charge in [-0.1, -0.05) is 26.0 Å². The number of halogens is 1. The van der Waals surface area contributed by atoms with Crippen molar-refractivity contribution in [3.05, 3.63) is 35.6 Å². The van der Waals surface area contributed by atoms with E-state index in [1.165, 1.54) is 18.2 Å². The number of carbonyl (C=O) groups is 2. The van der Waals surface area contributed by atoms with Gasteiger partial charge in [0.25, 0.3) is 0 Å². The standard InChI is InChI=1S/C15H21FN2O3/c1-9(2)6-12(17)14(19)18-13(15(20)21)8-10-4-3-5-11(16)7-10/h3-5,7,9,12-13H,6,8,17H2,1-2H3,(H,18,19)(H,20,21)/t12-,13+/m0/s1. The molecule has 0 saturated carbocycles. The molecule has 0 spiro atoms. The van der Waals surface area contributed by atoms with Gasteiger partial charge in [-0.3, -0.25) is 4.79 Å². The molecule has 0 aliphatic carbocycles. The summed E-state index contributed by atoms with van der Waals surface area (Å²) < 4.78 is 13.1. The fraction of sp³-hybridized carbons (Fsp3) is 0.467. The third kappa shape index (κ3) is 5.91. The van der Waals surface area contributed by atoms with Crippen LogP contribution >= 0.6 is 0 Å². The van der Waals surface area contributed by atoms with E-state index in [9.17, 15) is 14.0 Å². The predicted molar refractivity (Wildman–Crippen MR) is 77.1 cm³/mol. The number of hydrogen-bond acceptors (Lipinski definition) is 3. The van der Waals surface area contributed by atoms with Crippen molar-refractivity contribution < 1.29 is 19.1 Å². The highest BCUT2D eigenvalue weighted by atomic mass is 19.1. The van der Waals surface area contributed by atoms with E-state index in [-0.39, 0.29) is 12.3 Å². The number of aliphatic carboxylic acids is 1. The number of benzene rings is 1. The molecule has 0 heterocycles. The monoisotopic (exact) mass is 296 g/mol. The Morgan fingerprint density at radius 3 is 2.57 bits per heavy atom. The number of carboxylic acids is 1. The van der Waals surface area contributed by atoms with E-state index in [1.54, 1.807) is 6.07 Å². The molecule has 0 saturated heterocycles. The SMILES string of the molecule is CC(C)C[C@H](N)C(=O)N[C@H](Cc1cccc(F)c1)C(=O)O. The van der Waals surface area contributed by atoms with E-state index in [4.69, 9.17) is 10.8 Å². The van der Waals surface area contributed by atoms with Crippen molar-refractivity contribution in [1.29, 1.82) is 0 Å². The normalized spacial score (nSPS) is 13.8. The Labute approximate surface area is 123 Å². The Balaban J connectivity index is 2.70. The lowest BCUT2D eigenvalue weighted by molar-refractivity contribution is -0.142. The van der Waals surface area contributed by atoms with Gasteiger partial charge in [0.1, 0.15) is 11.9 Å². The molecule has 4 N–H and O–H groups in total. The lowest BCUT2D eigenvalue weighted by Gasteiger charge is -2.19. The second-order valence-electron chi connectivity index (χ2n) is 5.47. The molecule has 0 bridgehead atoms. The maximum Gasteiger partial charge on any atom is 0.326 e. The molecular formula is C15H21FN2O3. The van der Waals surface area contributed by atoms with E-state index in [2.05, 4.69) is 5.32 Å². The summed E-state index contributed by atoms with van der Waals surface area (Å²) in [7, 11) is 0. The zero-order chi connectivity index (χ0) is 16.0. The number of rotatable bonds is 7. The summed E-state index contributed by atoms with van der Waals surface area (Å²) in [4.78, 5) is 23.1. The van der Waals surface area contributed by atoms with E-state index in [0.717, 1.165) is 0 Å². The van der Waals surface area contributed by atoms with Crippen LogP contribution in [0.3, 0.4) is 0 Å². The van der Waals surface area contributed by atoms with E-state index in [1.807, 2.05) is 13.8 Å². The van der Waals surface area contributed by atoms with Gasteiger partial charge in [-0.2, -0.15) is 0 Å². The van der Waals surface area contributed by atoms with E-state index < -0.39 is 29.8 Å². The van der Waals surface area contributed by atoms with Crippen molar-refractivity contribution >= 4 is 11.9 Å². The minimum atomic E-state index is -1.18. The minimum absolute atomic E-state index is 0.00717. The van der Waals surface area contributed by atoms with Crippen molar-refractivity contribution in [2.24, 2.45) is 11.7 Å². The van der Waals surface area contributed by atoms with Crippen molar-refractivity contribution in [1.82, 2.24) is 5.32 Å². The van der Waals surface area contributed by atoms with Crippen molar-refractivity contribution in [3.8, 4) is 0 Å². The first-order chi connectivity index (χ1) is 9.79. The van der Waals surface area contributed by atoms with Crippen LogP contribution in [0.4, 0.5) is 4.39 Å². The molecule has 6 heteroatoms. The highest BCUT2D eigenvalue weighted by Gasteiger charge is 2.24. The Morgan fingerprint density at radius 2 is 2.05 bits per heavy atom. The van der Waals surface area contributed by atoms with Gasteiger partial charge in [0.2, 0.25) is 5.91 Å². The Bertz CT molecular complexity index is 505. The van der Waals surface area contributed by atoms with Gasteiger partial charge >= 0.3 is 5.97 Å². The molecule has 0 unspecified atom stereocenters. The zero-order valence-corrected chi connectivity index (χ0v) is 12.2. The highest BCUT2D eigenvalue weighted by molar-refractivity contribution is 5.86. The molecule has 2 atom stereocenters. The highest BCUT2D eigenvalue weighted by Crippen LogP contribution is 2.08. The maximum absolute atomic E-state index is 13.1. The molecule has 0 radical (unpaired) electrons. The predicted octanol–water partition coefficient (Wildman–Crippen LogP) is 1.31. The lowest BCUT2D eigenvalue weighted by atomic mass is 10.0. The minimum Gasteiger partial charge on any atom is -0.480 e. The molecule has 21 heavy (non-hydrogen) atoms. The number of carboxylic acid groups (broad SMARTS) is 1. The van der Waals surface area contributed by atoms with Crippen LogP contribution in [-0.2, 0) is 16.0 Å². The molecule has 0 fully saturated rings. The summed E-state index contributed by atoms with van der Waals surface area (Å²) in [5.41, 5.74) is 6.22. The Morgan fingerprint density at radius 1 is 1.38 bits per heavy atom. The van der Waals surface area contributed by atoms with Gasteiger partial charge in [-0.15, -0.1) is 0 Å². The van der Waals surface area contributed by atoms with Gasteiger partial charge in [0, 0.05) is 6.42 Å². The van der Waals surface area contributed by atoms with Crippen molar-refractivity contribution in [3.63, 3.8) is 0 Å². The molecule has 1 aromatic carbocycles. The van der Waals surface area contributed by atoms with E-state index in [0.29, 0.717) is 12.0 Å². The van der Waals surface area contributed by atoms with Gasteiger partial charge in [0.05, 0.1) is 6.04 Å². The summed E-state index contributed by atoms with van der Waals surface area (Å²) in [6.07, 6.45) is 0.478. The van der Waals surface area contributed by atoms with Crippen LogP contribution in [-0.4, -0.2) is 29.1 Å². The zero-order valence-electron chi connectivity index (χ0n) is 12.2. The molecule has 1 amide bonds. The van der Waals surface area contributed by atoms with Crippen LogP contribution in [0, 0.1) is 11.7 Å². The Hall–Kier alpha value is -1.95. The van der Waals surface area contributed by atoms with Gasteiger partial charge in [0.15, 0.2) is 0 Å². The number of nitrogens with one attached hydrogen (secondary N) is 1. The van der Waals surface area contributed by atoms with Crippen LogP contribution in [0.15, 0.2) is 24.3 Å². The van der Waals surface area contributed by atoms with E-state index >= 15 is 0 Å². The molecule has 5 nitrogen and oxygen atoms in total. The van der Waals surface area contributed by atoms with Crippen LogP contribution in [0.2, 0.25) is 0 Å². The number of amides is 1. The second-order valence-corrected chi connectivity index (χ2v) is 5.47. The quantitative estimate of drug-likeness (QED) is 0.707. The van der Waals surface area contributed by atoms with Gasteiger partial charge < -0.3 is 16.2 Å². The smallest absolute Gasteiger partial charge is 0.326 e. The topological polar surface area (TPSA) is 92.4 Å². The van der Waals surface area contributed by atoms with Crippen LogP contribution in [0.5, 0.6) is 0 Å². The fourth-order valence-corrected chi connectivity index (χ4v) is 1.99. The summed E-state index contributed by atoms with van der Waals surface area (Å²) in [5, 5.41) is 11.6. The van der Waals surface area contributed by atoms with Crippen LogP contribution < -0.4 is 11.1 Å². The molecule has 0 aliphatic heterocycles. The fourth-order valence-electron chi connectivity index (χ4n) is 1.99. The largest absolute Gasteiger partial charge is 0.480 e. The summed E-state index contributed by atoms with van der Waals surface area (Å²) in [5.74, 6) is -1.89. The Kier molecular flexibility index (Phi) is 6.30. The third-order valence-electron chi connectivity index (χ3n) is 3.01. The second kappa shape index (κ2) is 7.73. The third-order valence-corrected chi connectivity index (χ3v) is 3.01. The van der Waals surface area contributed by atoms with Gasteiger partial charge in [-0.05, 0) is 30.0 Å². The molecule has 1 aromatic rings. The first-order valence-electron chi connectivity index (χ1n) is 6.82. The van der Waals surface area contributed by atoms with Crippen LogP contribution in [0.25, 0.3) is 0 Å². The van der Waals surface area contributed by atoms with Crippen LogP contribution in [0.1, 0.15) is 25.8 Å². The maximum atomic E-state index is 13.1. The summed E-state index contributed by atoms with van der Waals surface area (Å²) in [6, 6.07) is 3.75. The summed E-state index contributed by atoms with van der Waals surface area (Å²) in [6.45, 7) is 3.85. The van der Waals surface area contributed by atoms with Gasteiger partial charge in [-0.25, -0.2) is 9.18 Å². The molecule has 0 aliphatic rings. The van der Waals surface area contributed by atoms with Crippen molar-refractivity contribution in [2.75, 3.05) is 0 Å². The first-order valence-corrected chi connectivity index (χ1v) is 6.82. The number of nitrogens with two attached hydrogens (primary N) is 1. The lowest BCUT2D eigenvalue weighted by Crippen LogP contribution is -2.49. The average Bonchev–Trinajstić information content (AvgIpc) is 2.36. The summed E-state index contributed by atoms with van der Waals surface area (Å²) >= 11 is 0. The molecule has 116 valence electrons. The average molecular weight is 296 g/mol. The molecule has 0 aromatic heterocycles. The number of carbonyl (C=O) groups excluding carboxylic acids is 1. The first kappa shape index (κ1) is 17.1. The van der Waals surface area contributed by atoms with Crippen molar-refractivity contribution in [2.45, 2.75) is 38.8 Å². The number of hydrogen-bond donors (Lipinski definition) is 3. The molecular weight excluding hydrogens is 275 g/mol.